The average molecular weight is 262 g/mol. The van der Waals surface area contributed by atoms with Crippen LogP contribution < -0.4 is 10.6 Å². The molecule has 4 heteroatoms. The van der Waals surface area contributed by atoms with Gasteiger partial charge in [0.15, 0.2) is 0 Å². The first-order chi connectivity index (χ1) is 9.13. The molecular formula is C15H22N2O2. The number of hydrogen-bond acceptors (Lipinski definition) is 3. The molecule has 0 aromatic heterocycles. The van der Waals surface area contributed by atoms with E-state index in [4.69, 9.17) is 5.11 Å². The SMILES string of the molecule is CC(=O)Nc1ccc(CNCC2(CCO)CC2)cc1. The molecule has 0 atom stereocenters. The first-order valence-electron chi connectivity index (χ1n) is 6.82. The number of aliphatic hydroxyl groups is 1. The van der Waals surface area contributed by atoms with Crippen molar-refractivity contribution in [1.29, 1.82) is 0 Å². The molecule has 19 heavy (non-hydrogen) atoms. The highest BCUT2D eigenvalue weighted by molar-refractivity contribution is 5.88. The molecule has 4 nitrogen and oxygen atoms in total. The van der Waals surface area contributed by atoms with Crippen molar-refractivity contribution in [2.24, 2.45) is 5.41 Å². The van der Waals surface area contributed by atoms with Crippen molar-refractivity contribution in [3.8, 4) is 0 Å². The summed E-state index contributed by atoms with van der Waals surface area (Å²) >= 11 is 0. The molecule has 1 aliphatic rings. The minimum absolute atomic E-state index is 0.0504. The molecule has 0 aliphatic heterocycles. The van der Waals surface area contributed by atoms with E-state index in [1.54, 1.807) is 0 Å². The lowest BCUT2D eigenvalue weighted by Crippen LogP contribution is -2.24. The minimum atomic E-state index is -0.0504. The van der Waals surface area contributed by atoms with Crippen molar-refractivity contribution in [2.45, 2.75) is 32.7 Å². The van der Waals surface area contributed by atoms with Crippen LogP contribution in [0.3, 0.4) is 0 Å². The largest absolute Gasteiger partial charge is 0.396 e. The highest BCUT2D eigenvalue weighted by Gasteiger charge is 2.41. The van der Waals surface area contributed by atoms with Crippen molar-refractivity contribution >= 4 is 11.6 Å². The first-order valence-corrected chi connectivity index (χ1v) is 6.82. The third-order valence-electron chi connectivity index (χ3n) is 3.70. The van der Waals surface area contributed by atoms with E-state index in [1.165, 1.54) is 25.3 Å². The quantitative estimate of drug-likeness (QED) is 0.703. The summed E-state index contributed by atoms with van der Waals surface area (Å²) < 4.78 is 0. The molecule has 0 bridgehead atoms. The van der Waals surface area contributed by atoms with Crippen molar-refractivity contribution in [1.82, 2.24) is 5.32 Å². The Hall–Kier alpha value is -1.39. The number of amides is 1. The fourth-order valence-corrected chi connectivity index (χ4v) is 2.31. The highest BCUT2D eigenvalue weighted by Crippen LogP contribution is 2.47. The van der Waals surface area contributed by atoms with Gasteiger partial charge < -0.3 is 15.7 Å². The Morgan fingerprint density at radius 1 is 1.32 bits per heavy atom. The van der Waals surface area contributed by atoms with Crippen molar-refractivity contribution in [2.75, 3.05) is 18.5 Å². The maximum absolute atomic E-state index is 10.9. The first kappa shape index (κ1) is 14.0. The molecule has 1 aromatic carbocycles. The predicted octanol–water partition coefficient (Wildman–Crippen LogP) is 1.90. The van der Waals surface area contributed by atoms with Gasteiger partial charge in [-0.25, -0.2) is 0 Å². The van der Waals surface area contributed by atoms with E-state index in [1.807, 2.05) is 24.3 Å². The molecule has 0 saturated heterocycles. The minimum Gasteiger partial charge on any atom is -0.396 e. The van der Waals surface area contributed by atoms with Gasteiger partial charge in [0.05, 0.1) is 0 Å². The normalized spacial score (nSPS) is 16.1. The van der Waals surface area contributed by atoms with E-state index >= 15 is 0 Å². The van der Waals surface area contributed by atoms with Gasteiger partial charge in [0.25, 0.3) is 0 Å². The molecule has 1 aliphatic carbocycles. The second-order valence-corrected chi connectivity index (χ2v) is 5.46. The fourth-order valence-electron chi connectivity index (χ4n) is 2.31. The smallest absolute Gasteiger partial charge is 0.221 e. The van der Waals surface area contributed by atoms with E-state index in [0.717, 1.165) is 25.2 Å². The third kappa shape index (κ3) is 4.33. The Bertz CT molecular complexity index is 424. The predicted molar refractivity (Wildman–Crippen MR) is 75.8 cm³/mol. The molecule has 2 rings (SSSR count). The second kappa shape index (κ2) is 6.17. The molecule has 1 saturated carbocycles. The van der Waals surface area contributed by atoms with Gasteiger partial charge in [-0.3, -0.25) is 4.79 Å². The number of aliphatic hydroxyl groups excluding tert-OH is 1. The van der Waals surface area contributed by atoms with Crippen LogP contribution in [0.5, 0.6) is 0 Å². The standard InChI is InChI=1S/C15H22N2O2/c1-12(19)17-14-4-2-13(3-5-14)10-16-11-15(6-7-15)8-9-18/h2-5,16,18H,6-11H2,1H3,(H,17,19). The van der Waals surface area contributed by atoms with Crippen LogP contribution in [-0.4, -0.2) is 24.2 Å². The zero-order valence-corrected chi connectivity index (χ0v) is 11.4. The summed E-state index contributed by atoms with van der Waals surface area (Å²) in [7, 11) is 0. The summed E-state index contributed by atoms with van der Waals surface area (Å²) in [5.41, 5.74) is 2.38. The van der Waals surface area contributed by atoms with Gasteiger partial charge >= 0.3 is 0 Å². The van der Waals surface area contributed by atoms with Gasteiger partial charge in [0, 0.05) is 32.3 Å². The average Bonchev–Trinajstić information content (AvgIpc) is 3.11. The summed E-state index contributed by atoms with van der Waals surface area (Å²) in [6.07, 6.45) is 3.35. The Labute approximate surface area is 114 Å². The van der Waals surface area contributed by atoms with Gasteiger partial charge in [-0.2, -0.15) is 0 Å². The lowest BCUT2D eigenvalue weighted by molar-refractivity contribution is -0.114. The van der Waals surface area contributed by atoms with Crippen molar-refractivity contribution < 1.29 is 9.90 Å². The molecule has 1 amide bonds. The fraction of sp³-hybridized carbons (Fsp3) is 0.533. The van der Waals surface area contributed by atoms with Crippen LogP contribution in [-0.2, 0) is 11.3 Å². The number of hydrogen-bond donors (Lipinski definition) is 3. The second-order valence-electron chi connectivity index (χ2n) is 5.46. The Morgan fingerprint density at radius 2 is 2.00 bits per heavy atom. The van der Waals surface area contributed by atoms with Gasteiger partial charge in [-0.1, -0.05) is 12.1 Å². The molecule has 1 fully saturated rings. The molecular weight excluding hydrogens is 240 g/mol. The topological polar surface area (TPSA) is 61.4 Å². The van der Waals surface area contributed by atoms with Gasteiger partial charge in [0.2, 0.25) is 5.91 Å². The monoisotopic (exact) mass is 262 g/mol. The van der Waals surface area contributed by atoms with Gasteiger partial charge in [0.1, 0.15) is 0 Å². The van der Waals surface area contributed by atoms with Crippen LogP contribution in [0.2, 0.25) is 0 Å². The lowest BCUT2D eigenvalue weighted by Gasteiger charge is -2.14. The third-order valence-corrected chi connectivity index (χ3v) is 3.70. The molecule has 1 aromatic rings. The lowest BCUT2D eigenvalue weighted by atomic mass is 10.0. The molecule has 0 spiro atoms. The van der Waals surface area contributed by atoms with Crippen LogP contribution in [0.15, 0.2) is 24.3 Å². The zero-order valence-electron chi connectivity index (χ0n) is 11.4. The maximum atomic E-state index is 10.9. The van der Waals surface area contributed by atoms with Crippen LogP contribution >= 0.6 is 0 Å². The number of nitrogens with one attached hydrogen (secondary N) is 2. The summed E-state index contributed by atoms with van der Waals surface area (Å²) in [6, 6.07) is 7.87. The maximum Gasteiger partial charge on any atom is 0.221 e. The van der Waals surface area contributed by atoms with Gasteiger partial charge in [-0.15, -0.1) is 0 Å². The van der Waals surface area contributed by atoms with E-state index in [0.29, 0.717) is 5.41 Å². The number of anilines is 1. The molecule has 104 valence electrons. The Kier molecular flexibility index (Phi) is 4.56. The Morgan fingerprint density at radius 3 is 2.53 bits per heavy atom. The molecule has 0 unspecified atom stereocenters. The molecule has 0 radical (unpaired) electrons. The Balaban J connectivity index is 1.75. The van der Waals surface area contributed by atoms with Crippen molar-refractivity contribution in [3.05, 3.63) is 29.8 Å². The van der Waals surface area contributed by atoms with E-state index in [2.05, 4.69) is 10.6 Å². The van der Waals surface area contributed by atoms with Gasteiger partial charge in [-0.05, 0) is 42.4 Å². The molecule has 3 N–H and O–H groups in total. The van der Waals surface area contributed by atoms with E-state index in [9.17, 15) is 4.79 Å². The van der Waals surface area contributed by atoms with Crippen LogP contribution in [0, 0.1) is 5.41 Å². The van der Waals surface area contributed by atoms with Crippen molar-refractivity contribution in [3.63, 3.8) is 0 Å². The summed E-state index contributed by atoms with van der Waals surface area (Å²) in [4.78, 5) is 10.9. The summed E-state index contributed by atoms with van der Waals surface area (Å²) in [5.74, 6) is -0.0504. The van der Waals surface area contributed by atoms with Crippen LogP contribution in [0.4, 0.5) is 5.69 Å². The summed E-state index contributed by atoms with van der Waals surface area (Å²) in [5, 5.41) is 15.2. The van der Waals surface area contributed by atoms with E-state index in [-0.39, 0.29) is 12.5 Å². The molecule has 0 heterocycles. The zero-order chi connectivity index (χ0) is 13.7. The van der Waals surface area contributed by atoms with E-state index < -0.39 is 0 Å². The number of benzene rings is 1. The summed E-state index contributed by atoms with van der Waals surface area (Å²) in [6.45, 7) is 3.59. The number of carbonyl (C=O) groups is 1. The number of rotatable bonds is 7. The van der Waals surface area contributed by atoms with Crippen LogP contribution in [0.25, 0.3) is 0 Å². The highest BCUT2D eigenvalue weighted by atomic mass is 16.3. The number of carbonyl (C=O) groups excluding carboxylic acids is 1. The van der Waals surface area contributed by atoms with Crippen LogP contribution in [0.1, 0.15) is 31.7 Å².